The van der Waals surface area contributed by atoms with Crippen molar-refractivity contribution in [3.63, 3.8) is 0 Å². The number of pyridine rings is 2. The monoisotopic (exact) mass is 361 g/mol. The van der Waals surface area contributed by atoms with E-state index in [1.165, 1.54) is 6.92 Å². The van der Waals surface area contributed by atoms with E-state index in [0.29, 0.717) is 29.3 Å². The highest BCUT2D eigenvalue weighted by atomic mass is 16.2. The molecule has 0 saturated heterocycles. The first-order valence-electron chi connectivity index (χ1n) is 8.38. The second-order valence-electron chi connectivity index (χ2n) is 5.85. The van der Waals surface area contributed by atoms with Crippen LogP contribution < -0.4 is 16.0 Å². The molecule has 2 heterocycles. The first-order valence-corrected chi connectivity index (χ1v) is 8.38. The van der Waals surface area contributed by atoms with Gasteiger partial charge in [0.25, 0.3) is 5.91 Å². The van der Waals surface area contributed by atoms with Crippen LogP contribution in [0.1, 0.15) is 22.8 Å². The number of hydrogen-bond donors (Lipinski definition) is 3. The Labute approximate surface area is 156 Å². The minimum absolute atomic E-state index is 0.169. The van der Waals surface area contributed by atoms with Crippen molar-refractivity contribution < 1.29 is 9.59 Å². The molecule has 27 heavy (non-hydrogen) atoms. The molecular formula is C20H19N5O2. The highest BCUT2D eigenvalue weighted by Gasteiger charge is 2.08. The average Bonchev–Trinajstić information content (AvgIpc) is 2.67. The molecule has 0 radical (unpaired) electrons. The number of amides is 2. The van der Waals surface area contributed by atoms with E-state index < -0.39 is 0 Å². The summed E-state index contributed by atoms with van der Waals surface area (Å²) in [5, 5.41) is 8.69. The van der Waals surface area contributed by atoms with Crippen molar-refractivity contribution in [3.05, 3.63) is 78.2 Å². The Morgan fingerprint density at radius 2 is 1.67 bits per heavy atom. The average molecular weight is 361 g/mol. The van der Waals surface area contributed by atoms with E-state index in [1.807, 2.05) is 12.1 Å². The molecule has 3 rings (SSSR count). The van der Waals surface area contributed by atoms with E-state index in [4.69, 9.17) is 0 Å². The van der Waals surface area contributed by atoms with E-state index in [0.717, 1.165) is 5.56 Å². The van der Waals surface area contributed by atoms with Crippen LogP contribution in [0.4, 0.5) is 17.2 Å². The lowest BCUT2D eigenvalue weighted by Gasteiger charge is -2.09. The Morgan fingerprint density at radius 1 is 0.926 bits per heavy atom. The third-order valence-corrected chi connectivity index (χ3v) is 3.69. The van der Waals surface area contributed by atoms with Gasteiger partial charge in [-0.2, -0.15) is 0 Å². The van der Waals surface area contributed by atoms with E-state index in [2.05, 4.69) is 25.9 Å². The predicted molar refractivity (Wildman–Crippen MR) is 104 cm³/mol. The molecule has 7 heteroatoms. The summed E-state index contributed by atoms with van der Waals surface area (Å²) in [6.07, 6.45) is 5.03. The van der Waals surface area contributed by atoms with Crippen LogP contribution in [-0.2, 0) is 11.3 Å². The zero-order chi connectivity index (χ0) is 19.1. The SMILES string of the molecule is CC(=O)Nc1cccc(NC(=O)c2ccnc(NCc3ccncc3)c2)c1. The van der Waals surface area contributed by atoms with Crippen LogP contribution in [0.25, 0.3) is 0 Å². The van der Waals surface area contributed by atoms with E-state index in [9.17, 15) is 9.59 Å². The zero-order valence-corrected chi connectivity index (χ0v) is 14.8. The maximum Gasteiger partial charge on any atom is 0.255 e. The Morgan fingerprint density at radius 3 is 2.41 bits per heavy atom. The second-order valence-corrected chi connectivity index (χ2v) is 5.85. The summed E-state index contributed by atoms with van der Waals surface area (Å²) in [4.78, 5) is 31.9. The van der Waals surface area contributed by atoms with E-state index in [1.54, 1.807) is 55.0 Å². The van der Waals surface area contributed by atoms with Crippen LogP contribution in [0.5, 0.6) is 0 Å². The van der Waals surface area contributed by atoms with Gasteiger partial charge >= 0.3 is 0 Å². The Hall–Kier alpha value is -3.74. The molecule has 0 spiro atoms. The van der Waals surface area contributed by atoms with Crippen LogP contribution in [-0.4, -0.2) is 21.8 Å². The summed E-state index contributed by atoms with van der Waals surface area (Å²) in [7, 11) is 0. The molecule has 0 saturated carbocycles. The van der Waals surface area contributed by atoms with Gasteiger partial charge in [-0.3, -0.25) is 14.6 Å². The molecule has 136 valence electrons. The van der Waals surface area contributed by atoms with Crippen LogP contribution in [0.3, 0.4) is 0 Å². The lowest BCUT2D eigenvalue weighted by molar-refractivity contribution is -0.114. The minimum atomic E-state index is -0.260. The number of aromatic nitrogens is 2. The molecule has 1 aromatic carbocycles. The molecule has 0 unspecified atom stereocenters. The van der Waals surface area contributed by atoms with Crippen LogP contribution >= 0.6 is 0 Å². The number of hydrogen-bond acceptors (Lipinski definition) is 5. The van der Waals surface area contributed by atoms with Crippen LogP contribution in [0.15, 0.2) is 67.1 Å². The third-order valence-electron chi connectivity index (χ3n) is 3.69. The highest BCUT2D eigenvalue weighted by molar-refractivity contribution is 6.05. The van der Waals surface area contributed by atoms with Gasteiger partial charge in [-0.05, 0) is 48.0 Å². The number of benzene rings is 1. The van der Waals surface area contributed by atoms with E-state index >= 15 is 0 Å². The summed E-state index contributed by atoms with van der Waals surface area (Å²) in [6.45, 7) is 2.02. The smallest absolute Gasteiger partial charge is 0.255 e. The zero-order valence-electron chi connectivity index (χ0n) is 14.8. The van der Waals surface area contributed by atoms with Crippen molar-refractivity contribution in [3.8, 4) is 0 Å². The molecule has 0 bridgehead atoms. The van der Waals surface area contributed by atoms with Gasteiger partial charge in [0.05, 0.1) is 0 Å². The fraction of sp³-hybridized carbons (Fsp3) is 0.100. The topological polar surface area (TPSA) is 96.0 Å². The molecule has 2 amide bonds. The standard InChI is InChI=1S/C20H19N5O2/c1-14(26)24-17-3-2-4-18(12-17)25-20(27)16-7-10-22-19(11-16)23-13-15-5-8-21-9-6-15/h2-12H,13H2,1H3,(H,22,23)(H,24,26)(H,25,27). The molecule has 0 aliphatic heterocycles. The van der Waals surface area contributed by atoms with Gasteiger partial charge in [-0.15, -0.1) is 0 Å². The van der Waals surface area contributed by atoms with Gasteiger partial charge < -0.3 is 16.0 Å². The second kappa shape index (κ2) is 8.57. The molecule has 3 N–H and O–H groups in total. The summed E-state index contributed by atoms with van der Waals surface area (Å²) >= 11 is 0. The first kappa shape index (κ1) is 18.1. The highest BCUT2D eigenvalue weighted by Crippen LogP contribution is 2.17. The van der Waals surface area contributed by atoms with Gasteiger partial charge in [0.2, 0.25) is 5.91 Å². The maximum absolute atomic E-state index is 12.5. The molecular weight excluding hydrogens is 342 g/mol. The fourth-order valence-electron chi connectivity index (χ4n) is 2.44. The lowest BCUT2D eigenvalue weighted by atomic mass is 10.2. The summed E-state index contributed by atoms with van der Waals surface area (Å²) in [6, 6.07) is 14.1. The molecule has 2 aromatic heterocycles. The molecule has 3 aromatic rings. The molecule has 0 atom stereocenters. The molecule has 0 aliphatic rings. The van der Waals surface area contributed by atoms with Crippen molar-refractivity contribution in [1.29, 1.82) is 0 Å². The Kier molecular flexibility index (Phi) is 5.73. The fourth-order valence-corrected chi connectivity index (χ4v) is 2.44. The van der Waals surface area contributed by atoms with Crippen molar-refractivity contribution in [2.75, 3.05) is 16.0 Å². The van der Waals surface area contributed by atoms with Gasteiger partial charge in [0, 0.05) is 49.0 Å². The third kappa shape index (κ3) is 5.37. The summed E-state index contributed by atoms with van der Waals surface area (Å²) in [5.74, 6) is 0.174. The number of carbonyl (C=O) groups is 2. The van der Waals surface area contributed by atoms with Crippen molar-refractivity contribution in [2.45, 2.75) is 13.5 Å². The van der Waals surface area contributed by atoms with Gasteiger partial charge in [0.1, 0.15) is 5.82 Å². The normalized spacial score (nSPS) is 10.1. The van der Waals surface area contributed by atoms with Gasteiger partial charge in [-0.25, -0.2) is 4.98 Å². The molecule has 0 fully saturated rings. The maximum atomic E-state index is 12.5. The first-order chi connectivity index (χ1) is 13.1. The van der Waals surface area contributed by atoms with Crippen LogP contribution in [0.2, 0.25) is 0 Å². The molecule has 7 nitrogen and oxygen atoms in total. The number of carbonyl (C=O) groups excluding carboxylic acids is 2. The quantitative estimate of drug-likeness (QED) is 0.626. The number of nitrogens with one attached hydrogen (secondary N) is 3. The minimum Gasteiger partial charge on any atom is -0.366 e. The Balaban J connectivity index is 1.65. The van der Waals surface area contributed by atoms with Crippen molar-refractivity contribution in [1.82, 2.24) is 9.97 Å². The van der Waals surface area contributed by atoms with Gasteiger partial charge in [-0.1, -0.05) is 6.07 Å². The largest absolute Gasteiger partial charge is 0.366 e. The lowest BCUT2D eigenvalue weighted by Crippen LogP contribution is -2.13. The summed E-state index contributed by atoms with van der Waals surface area (Å²) < 4.78 is 0. The van der Waals surface area contributed by atoms with E-state index in [-0.39, 0.29) is 11.8 Å². The predicted octanol–water partition coefficient (Wildman–Crippen LogP) is 3.30. The van der Waals surface area contributed by atoms with Crippen molar-refractivity contribution >= 4 is 29.0 Å². The summed E-state index contributed by atoms with van der Waals surface area (Å²) in [5.41, 5.74) is 2.76. The van der Waals surface area contributed by atoms with Gasteiger partial charge in [0.15, 0.2) is 0 Å². The van der Waals surface area contributed by atoms with Crippen molar-refractivity contribution in [2.24, 2.45) is 0 Å². The number of anilines is 3. The van der Waals surface area contributed by atoms with Crippen LogP contribution in [0, 0.1) is 0 Å². The number of rotatable bonds is 6. The molecule has 0 aliphatic carbocycles. The Bertz CT molecular complexity index is 944. The number of nitrogens with zero attached hydrogens (tertiary/aromatic N) is 2.